The zero-order chi connectivity index (χ0) is 15.8. The highest BCUT2D eigenvalue weighted by Gasteiger charge is 2.36. The number of rotatable bonds is 3. The molecule has 0 aliphatic carbocycles. The molecule has 0 atom stereocenters. The molecule has 0 aromatic heterocycles. The fourth-order valence-corrected chi connectivity index (χ4v) is 4.99. The zero-order valence-corrected chi connectivity index (χ0v) is 14.5. The summed E-state index contributed by atoms with van der Waals surface area (Å²) in [6.07, 6.45) is 2.73. The normalized spacial score (nSPS) is 19.6. The van der Waals surface area contributed by atoms with E-state index in [1.807, 2.05) is 0 Å². The van der Waals surface area contributed by atoms with Crippen LogP contribution < -0.4 is 5.73 Å². The molecule has 2 rings (SSSR count). The minimum absolute atomic E-state index is 0.0336. The van der Waals surface area contributed by atoms with Gasteiger partial charge in [0.25, 0.3) is 0 Å². The van der Waals surface area contributed by atoms with E-state index in [2.05, 4.69) is 13.8 Å². The second kappa shape index (κ2) is 5.95. The predicted octanol–water partition coefficient (Wildman–Crippen LogP) is 3.78. The average molecular weight is 351 g/mol. The van der Waals surface area contributed by atoms with Gasteiger partial charge in [-0.05, 0) is 30.4 Å². The third-order valence-corrected chi connectivity index (χ3v) is 7.06. The van der Waals surface area contributed by atoms with E-state index in [0.717, 1.165) is 19.3 Å². The predicted molar refractivity (Wildman–Crippen MR) is 87.3 cm³/mol. The van der Waals surface area contributed by atoms with E-state index in [4.69, 9.17) is 28.9 Å². The number of hydrogen-bond acceptors (Lipinski definition) is 3. The van der Waals surface area contributed by atoms with Gasteiger partial charge < -0.3 is 5.73 Å². The molecule has 0 bridgehead atoms. The molecule has 0 spiro atoms. The van der Waals surface area contributed by atoms with E-state index in [-0.39, 0.29) is 21.0 Å². The molecule has 118 valence electrons. The van der Waals surface area contributed by atoms with Gasteiger partial charge in [-0.3, -0.25) is 0 Å². The number of hydrogen-bond donors (Lipinski definition) is 1. The van der Waals surface area contributed by atoms with Crippen molar-refractivity contribution >= 4 is 38.9 Å². The maximum atomic E-state index is 12.8. The Hall–Kier alpha value is -0.490. The lowest BCUT2D eigenvalue weighted by atomic mass is 9.79. The molecule has 4 nitrogen and oxygen atoms in total. The topological polar surface area (TPSA) is 63.4 Å². The van der Waals surface area contributed by atoms with E-state index < -0.39 is 10.0 Å². The molecule has 7 heteroatoms. The zero-order valence-electron chi connectivity index (χ0n) is 12.2. The fourth-order valence-electron chi connectivity index (χ4n) is 2.60. The van der Waals surface area contributed by atoms with Crippen LogP contribution in [0.15, 0.2) is 17.0 Å². The monoisotopic (exact) mass is 350 g/mol. The van der Waals surface area contributed by atoms with Gasteiger partial charge in [-0.2, -0.15) is 4.31 Å². The molecule has 1 fully saturated rings. The highest BCUT2D eigenvalue weighted by Crippen LogP contribution is 2.38. The quantitative estimate of drug-likeness (QED) is 0.843. The lowest BCUT2D eigenvalue weighted by Crippen LogP contribution is -2.42. The van der Waals surface area contributed by atoms with Gasteiger partial charge in [0.05, 0.1) is 10.7 Å². The van der Waals surface area contributed by atoms with Gasteiger partial charge in [0.15, 0.2) is 0 Å². The molecule has 0 saturated carbocycles. The SMILES string of the molecule is CCC1(C)CCN(S(=O)(=O)c2c(N)cc(Cl)cc2Cl)CC1. The largest absolute Gasteiger partial charge is 0.398 e. The summed E-state index contributed by atoms with van der Waals surface area (Å²) in [5.41, 5.74) is 6.12. The van der Waals surface area contributed by atoms with Crippen LogP contribution in [0.2, 0.25) is 10.0 Å². The van der Waals surface area contributed by atoms with Crippen molar-refractivity contribution in [2.45, 2.75) is 38.0 Å². The summed E-state index contributed by atoms with van der Waals surface area (Å²) in [6.45, 7) is 5.31. The minimum Gasteiger partial charge on any atom is -0.398 e. The van der Waals surface area contributed by atoms with Crippen molar-refractivity contribution in [1.29, 1.82) is 0 Å². The van der Waals surface area contributed by atoms with Gasteiger partial charge in [0.1, 0.15) is 4.90 Å². The van der Waals surface area contributed by atoms with Crippen molar-refractivity contribution in [3.63, 3.8) is 0 Å². The Morgan fingerprint density at radius 3 is 2.33 bits per heavy atom. The summed E-state index contributed by atoms with van der Waals surface area (Å²) in [5, 5.41) is 0.400. The third-order valence-electron chi connectivity index (χ3n) is 4.42. The smallest absolute Gasteiger partial charge is 0.246 e. The van der Waals surface area contributed by atoms with Gasteiger partial charge in [-0.15, -0.1) is 0 Å². The van der Waals surface area contributed by atoms with Crippen LogP contribution in [-0.4, -0.2) is 25.8 Å². The molecule has 1 aliphatic heterocycles. The molecule has 1 aromatic rings. The number of nitrogen functional groups attached to an aromatic ring is 1. The van der Waals surface area contributed by atoms with Gasteiger partial charge in [0.2, 0.25) is 10.0 Å². The lowest BCUT2D eigenvalue weighted by molar-refractivity contribution is 0.169. The van der Waals surface area contributed by atoms with E-state index in [0.29, 0.717) is 18.1 Å². The maximum Gasteiger partial charge on any atom is 0.246 e. The first-order chi connectivity index (χ1) is 9.69. The van der Waals surface area contributed by atoms with Gasteiger partial charge in [-0.1, -0.05) is 43.5 Å². The number of sulfonamides is 1. The highest BCUT2D eigenvalue weighted by atomic mass is 35.5. The second-order valence-electron chi connectivity index (χ2n) is 5.87. The molecule has 21 heavy (non-hydrogen) atoms. The summed E-state index contributed by atoms with van der Waals surface area (Å²) in [6, 6.07) is 2.83. The van der Waals surface area contributed by atoms with Crippen LogP contribution in [0, 0.1) is 5.41 Å². The molecular formula is C14H20Cl2N2O2S. The first-order valence-electron chi connectivity index (χ1n) is 6.94. The van der Waals surface area contributed by atoms with Gasteiger partial charge in [-0.25, -0.2) is 8.42 Å². The van der Waals surface area contributed by atoms with Crippen LogP contribution in [-0.2, 0) is 10.0 Å². The summed E-state index contributed by atoms with van der Waals surface area (Å²) in [5.74, 6) is 0. The van der Waals surface area contributed by atoms with Crippen LogP contribution in [0.1, 0.15) is 33.1 Å². The number of piperidine rings is 1. The Kier molecular flexibility index (Phi) is 4.78. The van der Waals surface area contributed by atoms with E-state index >= 15 is 0 Å². The number of benzene rings is 1. The Labute approximate surface area is 136 Å². The van der Waals surface area contributed by atoms with Crippen molar-refractivity contribution in [3.8, 4) is 0 Å². The molecule has 2 N–H and O–H groups in total. The first kappa shape index (κ1) is 16.9. The molecule has 1 aromatic carbocycles. The standard InChI is InChI=1S/C14H20Cl2N2O2S/c1-3-14(2)4-6-18(7-5-14)21(19,20)13-11(16)8-10(15)9-12(13)17/h8-9H,3-7,17H2,1-2H3. The molecule has 0 unspecified atom stereocenters. The summed E-state index contributed by atoms with van der Waals surface area (Å²) >= 11 is 11.9. The summed E-state index contributed by atoms with van der Waals surface area (Å²) < 4.78 is 27.0. The van der Waals surface area contributed by atoms with Crippen LogP contribution in [0.25, 0.3) is 0 Å². The van der Waals surface area contributed by atoms with E-state index in [1.54, 1.807) is 0 Å². The van der Waals surface area contributed by atoms with Gasteiger partial charge in [0, 0.05) is 18.1 Å². The molecular weight excluding hydrogens is 331 g/mol. The van der Waals surface area contributed by atoms with Crippen molar-refractivity contribution in [2.75, 3.05) is 18.8 Å². The van der Waals surface area contributed by atoms with Crippen molar-refractivity contribution in [1.82, 2.24) is 4.31 Å². The third kappa shape index (κ3) is 3.31. The van der Waals surface area contributed by atoms with Crippen LogP contribution in [0.4, 0.5) is 5.69 Å². The van der Waals surface area contributed by atoms with Gasteiger partial charge >= 0.3 is 0 Å². The van der Waals surface area contributed by atoms with Crippen molar-refractivity contribution in [3.05, 3.63) is 22.2 Å². The fraction of sp³-hybridized carbons (Fsp3) is 0.571. The van der Waals surface area contributed by atoms with Crippen molar-refractivity contribution in [2.24, 2.45) is 5.41 Å². The Balaban J connectivity index is 2.33. The Morgan fingerprint density at radius 2 is 1.86 bits per heavy atom. The first-order valence-corrected chi connectivity index (χ1v) is 9.14. The van der Waals surface area contributed by atoms with E-state index in [9.17, 15) is 8.42 Å². The molecule has 0 amide bonds. The summed E-state index contributed by atoms with van der Waals surface area (Å²) in [7, 11) is -3.68. The van der Waals surface area contributed by atoms with Crippen molar-refractivity contribution < 1.29 is 8.42 Å². The number of nitrogens with zero attached hydrogens (tertiary/aromatic N) is 1. The number of nitrogens with two attached hydrogens (primary N) is 1. The molecule has 1 saturated heterocycles. The summed E-state index contributed by atoms with van der Waals surface area (Å²) in [4.78, 5) is -0.0336. The molecule has 1 aliphatic rings. The van der Waals surface area contributed by atoms with Crippen LogP contribution in [0.3, 0.4) is 0 Å². The second-order valence-corrected chi connectivity index (χ2v) is 8.59. The van der Waals surface area contributed by atoms with Crippen LogP contribution in [0.5, 0.6) is 0 Å². The Bertz CT molecular complexity index is 615. The van der Waals surface area contributed by atoms with Crippen LogP contribution >= 0.6 is 23.2 Å². The molecule has 0 radical (unpaired) electrons. The Morgan fingerprint density at radius 1 is 1.29 bits per heavy atom. The molecule has 1 heterocycles. The lowest BCUT2D eigenvalue weighted by Gasteiger charge is -2.38. The number of anilines is 1. The number of halogens is 2. The maximum absolute atomic E-state index is 12.8. The minimum atomic E-state index is -3.68. The highest BCUT2D eigenvalue weighted by molar-refractivity contribution is 7.89. The average Bonchev–Trinajstić information content (AvgIpc) is 2.37. The van der Waals surface area contributed by atoms with E-state index in [1.165, 1.54) is 16.4 Å².